The van der Waals surface area contributed by atoms with E-state index in [0.29, 0.717) is 6.54 Å². The van der Waals surface area contributed by atoms with Crippen LogP contribution in [0.25, 0.3) is 0 Å². The number of likely N-dealkylation sites (tertiary alicyclic amines) is 1. The molecular formula is C23H33N3O3. The van der Waals surface area contributed by atoms with Crippen LogP contribution in [0.3, 0.4) is 0 Å². The second kappa shape index (κ2) is 10.6. The molecule has 1 aliphatic rings. The van der Waals surface area contributed by atoms with E-state index in [1.807, 2.05) is 30.6 Å². The van der Waals surface area contributed by atoms with E-state index >= 15 is 0 Å². The fourth-order valence-electron chi connectivity index (χ4n) is 3.75. The van der Waals surface area contributed by atoms with E-state index in [1.54, 1.807) is 7.11 Å². The smallest absolute Gasteiger partial charge is 0.127 e. The number of benzene rings is 1. The number of ether oxygens (including phenoxy) is 2. The summed E-state index contributed by atoms with van der Waals surface area (Å²) < 4.78 is 11.4. The van der Waals surface area contributed by atoms with Crippen molar-refractivity contribution >= 4 is 0 Å². The van der Waals surface area contributed by atoms with Gasteiger partial charge in [0, 0.05) is 43.7 Å². The van der Waals surface area contributed by atoms with Crippen LogP contribution < -0.4 is 9.47 Å². The van der Waals surface area contributed by atoms with Crippen LogP contribution in [0.4, 0.5) is 0 Å². The number of methoxy groups -OCH3 is 1. The largest absolute Gasteiger partial charge is 0.497 e. The highest BCUT2D eigenvalue weighted by Crippen LogP contribution is 2.27. The highest BCUT2D eigenvalue weighted by molar-refractivity contribution is 5.41. The summed E-state index contributed by atoms with van der Waals surface area (Å²) in [6.07, 6.45) is 5.67. The lowest BCUT2D eigenvalue weighted by Crippen LogP contribution is -2.33. The summed E-state index contributed by atoms with van der Waals surface area (Å²) in [6, 6.07) is 7.96. The molecule has 6 heteroatoms. The molecule has 0 saturated carbocycles. The number of rotatable bonds is 10. The Morgan fingerprint density at radius 3 is 2.66 bits per heavy atom. The maximum atomic E-state index is 10.4. The van der Waals surface area contributed by atoms with Crippen molar-refractivity contribution < 1.29 is 14.6 Å². The molecule has 2 aromatic rings. The SMILES string of the molecule is COc1ccc(CN(C)Cc2ccncc2C)c(OC[C@H](O)CN2CCCC2)c1. The Morgan fingerprint density at radius 1 is 1.17 bits per heavy atom. The number of aliphatic hydroxyl groups excluding tert-OH is 1. The van der Waals surface area contributed by atoms with Gasteiger partial charge in [-0.25, -0.2) is 0 Å². The number of hydrogen-bond donors (Lipinski definition) is 1. The van der Waals surface area contributed by atoms with Crippen LogP contribution >= 0.6 is 0 Å². The van der Waals surface area contributed by atoms with Crippen LogP contribution in [0.1, 0.15) is 29.5 Å². The summed E-state index contributed by atoms with van der Waals surface area (Å²) in [5.74, 6) is 1.52. The molecule has 2 heterocycles. The van der Waals surface area contributed by atoms with Crippen molar-refractivity contribution in [2.24, 2.45) is 0 Å². The van der Waals surface area contributed by atoms with Gasteiger partial charge in [0.15, 0.2) is 0 Å². The minimum Gasteiger partial charge on any atom is -0.497 e. The van der Waals surface area contributed by atoms with Gasteiger partial charge in [-0.1, -0.05) is 6.07 Å². The Bertz CT molecular complexity index is 778. The summed E-state index contributed by atoms with van der Waals surface area (Å²) in [4.78, 5) is 8.71. The monoisotopic (exact) mass is 399 g/mol. The van der Waals surface area contributed by atoms with E-state index in [9.17, 15) is 5.11 Å². The van der Waals surface area contributed by atoms with Gasteiger partial charge in [0.25, 0.3) is 0 Å². The second-order valence-electron chi connectivity index (χ2n) is 7.92. The number of aryl methyl sites for hydroxylation is 1. The lowest BCUT2D eigenvalue weighted by Gasteiger charge is -2.22. The number of pyridine rings is 1. The molecule has 3 rings (SSSR count). The number of aromatic nitrogens is 1. The van der Waals surface area contributed by atoms with Gasteiger partial charge in [0.2, 0.25) is 0 Å². The predicted octanol–water partition coefficient (Wildman–Crippen LogP) is 2.87. The van der Waals surface area contributed by atoms with Crippen LogP contribution in [0, 0.1) is 6.92 Å². The molecule has 1 aliphatic heterocycles. The van der Waals surface area contributed by atoms with Crippen molar-refractivity contribution in [3.8, 4) is 11.5 Å². The van der Waals surface area contributed by atoms with E-state index in [0.717, 1.165) is 43.2 Å². The van der Waals surface area contributed by atoms with E-state index in [4.69, 9.17) is 9.47 Å². The molecule has 0 aliphatic carbocycles. The molecule has 1 aromatic heterocycles. The first kappa shape index (κ1) is 21.6. The van der Waals surface area contributed by atoms with Crippen LogP contribution in [0.5, 0.6) is 11.5 Å². The first-order chi connectivity index (χ1) is 14.0. The van der Waals surface area contributed by atoms with Crippen molar-refractivity contribution in [2.45, 2.75) is 39.0 Å². The fourth-order valence-corrected chi connectivity index (χ4v) is 3.75. The van der Waals surface area contributed by atoms with E-state index < -0.39 is 6.10 Å². The lowest BCUT2D eigenvalue weighted by molar-refractivity contribution is 0.0750. The lowest BCUT2D eigenvalue weighted by atomic mass is 10.1. The Labute approximate surface area is 174 Å². The van der Waals surface area contributed by atoms with Crippen LogP contribution in [0.15, 0.2) is 36.7 Å². The molecule has 29 heavy (non-hydrogen) atoms. The molecule has 0 spiro atoms. The number of aliphatic hydroxyl groups is 1. The molecule has 1 N–H and O–H groups in total. The maximum Gasteiger partial charge on any atom is 0.127 e. The van der Waals surface area contributed by atoms with Crippen molar-refractivity contribution in [1.82, 2.24) is 14.8 Å². The molecule has 0 amide bonds. The van der Waals surface area contributed by atoms with Crippen molar-refractivity contribution in [3.05, 3.63) is 53.3 Å². The molecule has 0 bridgehead atoms. The van der Waals surface area contributed by atoms with E-state index in [-0.39, 0.29) is 6.61 Å². The molecule has 1 atom stereocenters. The quantitative estimate of drug-likeness (QED) is 0.663. The van der Waals surface area contributed by atoms with E-state index in [2.05, 4.69) is 34.8 Å². The standard InChI is InChI=1S/C23H33N3O3/c1-18-13-24-9-8-19(18)14-25(2)15-20-6-7-22(28-3)12-23(20)29-17-21(27)16-26-10-4-5-11-26/h6-9,12-13,21,27H,4-5,10-11,14-17H2,1-3H3/t21-/m1/s1. The third-order valence-electron chi connectivity index (χ3n) is 5.39. The molecular weight excluding hydrogens is 366 g/mol. The predicted molar refractivity (Wildman–Crippen MR) is 114 cm³/mol. The highest BCUT2D eigenvalue weighted by atomic mass is 16.5. The average molecular weight is 400 g/mol. The summed E-state index contributed by atoms with van der Waals surface area (Å²) in [7, 11) is 3.75. The zero-order valence-electron chi connectivity index (χ0n) is 17.8. The van der Waals surface area contributed by atoms with Crippen LogP contribution in [-0.2, 0) is 13.1 Å². The molecule has 158 valence electrons. The molecule has 1 fully saturated rings. The van der Waals surface area contributed by atoms with Gasteiger partial charge in [-0.15, -0.1) is 0 Å². The number of nitrogens with zero attached hydrogens (tertiary/aromatic N) is 3. The molecule has 1 aromatic carbocycles. The third-order valence-corrected chi connectivity index (χ3v) is 5.39. The van der Waals surface area contributed by atoms with Gasteiger partial charge in [-0.2, -0.15) is 0 Å². The van der Waals surface area contributed by atoms with Crippen molar-refractivity contribution in [2.75, 3.05) is 40.4 Å². The van der Waals surface area contributed by atoms with Gasteiger partial charge < -0.3 is 19.5 Å². The fraction of sp³-hybridized carbons (Fsp3) is 0.522. The van der Waals surface area contributed by atoms with Crippen molar-refractivity contribution in [3.63, 3.8) is 0 Å². The van der Waals surface area contributed by atoms with Crippen LogP contribution in [-0.4, -0.2) is 66.4 Å². The van der Waals surface area contributed by atoms with Crippen molar-refractivity contribution in [1.29, 1.82) is 0 Å². The average Bonchev–Trinajstić information content (AvgIpc) is 3.22. The maximum absolute atomic E-state index is 10.4. The Kier molecular flexibility index (Phi) is 7.86. The molecule has 0 radical (unpaired) electrons. The normalized spacial score (nSPS) is 15.6. The van der Waals surface area contributed by atoms with Gasteiger partial charge >= 0.3 is 0 Å². The minimum atomic E-state index is -0.496. The second-order valence-corrected chi connectivity index (χ2v) is 7.92. The molecule has 6 nitrogen and oxygen atoms in total. The topological polar surface area (TPSA) is 58.1 Å². The first-order valence-electron chi connectivity index (χ1n) is 10.3. The van der Waals surface area contributed by atoms with Gasteiger partial charge in [0.05, 0.1) is 7.11 Å². The summed E-state index contributed by atoms with van der Waals surface area (Å²) >= 11 is 0. The number of β-amino-alcohol motifs (C(OH)–C–C–N with tert-alkyl or cyclic N) is 1. The first-order valence-corrected chi connectivity index (χ1v) is 10.3. The minimum absolute atomic E-state index is 0.282. The van der Waals surface area contributed by atoms with Crippen LogP contribution in [0.2, 0.25) is 0 Å². The molecule has 0 unspecified atom stereocenters. The Morgan fingerprint density at radius 2 is 1.93 bits per heavy atom. The molecule has 1 saturated heterocycles. The Hall–Kier alpha value is -2.15. The zero-order chi connectivity index (χ0) is 20.6. The summed E-state index contributed by atoms with van der Waals surface area (Å²) in [5, 5.41) is 10.4. The van der Waals surface area contributed by atoms with Gasteiger partial charge in [-0.05, 0) is 63.2 Å². The van der Waals surface area contributed by atoms with Gasteiger partial charge in [0.1, 0.15) is 24.2 Å². The summed E-state index contributed by atoms with van der Waals surface area (Å²) in [5.41, 5.74) is 3.53. The van der Waals surface area contributed by atoms with E-state index in [1.165, 1.54) is 24.0 Å². The summed E-state index contributed by atoms with van der Waals surface area (Å²) in [6.45, 7) is 6.74. The Balaban J connectivity index is 1.62. The van der Waals surface area contributed by atoms with Gasteiger partial charge in [-0.3, -0.25) is 9.88 Å². The zero-order valence-corrected chi connectivity index (χ0v) is 17.8. The number of hydrogen-bond acceptors (Lipinski definition) is 6. The highest BCUT2D eigenvalue weighted by Gasteiger charge is 2.17. The third kappa shape index (κ3) is 6.42.